The van der Waals surface area contributed by atoms with Crippen LogP contribution in [-0.4, -0.2) is 11.6 Å². The fourth-order valence-corrected chi connectivity index (χ4v) is 2.38. The monoisotopic (exact) mass is 262 g/mol. The molecule has 0 radical (unpaired) electrons. The fourth-order valence-electron chi connectivity index (χ4n) is 1.64. The summed E-state index contributed by atoms with van der Waals surface area (Å²) in [7, 11) is 0. The Morgan fingerprint density at radius 2 is 2.28 bits per heavy atom. The van der Waals surface area contributed by atoms with Crippen LogP contribution >= 0.6 is 11.3 Å². The Hall–Kier alpha value is -1.55. The van der Waals surface area contributed by atoms with E-state index in [4.69, 9.17) is 4.74 Å². The summed E-state index contributed by atoms with van der Waals surface area (Å²) >= 11 is 1.74. The number of ether oxygens (including phenoxy) is 1. The lowest BCUT2D eigenvalue weighted by molar-refractivity contribution is 0.317. The van der Waals surface area contributed by atoms with Crippen molar-refractivity contribution >= 4 is 17.2 Å². The molecule has 2 aromatic heterocycles. The zero-order valence-electron chi connectivity index (χ0n) is 10.7. The topological polar surface area (TPSA) is 34.1 Å². The normalized spacial score (nSPS) is 12.1. The molecule has 0 aromatic carbocycles. The Morgan fingerprint density at radius 1 is 1.39 bits per heavy atom. The molecule has 0 fully saturated rings. The first-order chi connectivity index (χ1) is 8.81. The van der Waals surface area contributed by atoms with E-state index >= 15 is 0 Å². The molecule has 0 saturated carbocycles. The lowest BCUT2D eigenvalue weighted by Crippen LogP contribution is -2.08. The number of rotatable bonds is 6. The average Bonchev–Trinajstić information content (AvgIpc) is 2.91. The molecule has 1 atom stereocenters. The maximum absolute atomic E-state index is 5.68. The molecule has 1 N–H and O–H groups in total. The van der Waals surface area contributed by atoms with Crippen molar-refractivity contribution in [1.29, 1.82) is 0 Å². The van der Waals surface area contributed by atoms with Crippen molar-refractivity contribution in [3.05, 3.63) is 40.7 Å². The summed E-state index contributed by atoms with van der Waals surface area (Å²) < 4.78 is 5.68. The molecule has 3 nitrogen and oxygen atoms in total. The van der Waals surface area contributed by atoms with Crippen LogP contribution in [0.2, 0.25) is 0 Å². The second kappa shape index (κ2) is 6.40. The number of thiophene rings is 1. The summed E-state index contributed by atoms with van der Waals surface area (Å²) in [5.41, 5.74) is 0. The molecule has 96 valence electrons. The van der Waals surface area contributed by atoms with Gasteiger partial charge in [0, 0.05) is 11.1 Å². The van der Waals surface area contributed by atoms with Gasteiger partial charge in [-0.15, -0.1) is 11.3 Å². The number of nitrogens with one attached hydrogen (secondary N) is 1. The largest absolute Gasteiger partial charge is 0.490 e. The first-order valence-corrected chi connectivity index (χ1v) is 7.07. The van der Waals surface area contributed by atoms with Crippen LogP contribution < -0.4 is 10.1 Å². The van der Waals surface area contributed by atoms with Gasteiger partial charge in [-0.05, 0) is 36.9 Å². The highest BCUT2D eigenvalue weighted by Gasteiger charge is 2.10. The minimum atomic E-state index is 0.240. The minimum absolute atomic E-state index is 0.240. The Morgan fingerprint density at radius 3 is 3.00 bits per heavy atom. The van der Waals surface area contributed by atoms with Crippen LogP contribution in [0.3, 0.4) is 0 Å². The molecule has 0 spiro atoms. The van der Waals surface area contributed by atoms with Gasteiger partial charge in [-0.3, -0.25) is 0 Å². The second-order valence-corrected chi connectivity index (χ2v) is 5.06. The van der Waals surface area contributed by atoms with Crippen molar-refractivity contribution in [2.45, 2.75) is 26.3 Å². The van der Waals surface area contributed by atoms with Gasteiger partial charge >= 0.3 is 0 Å². The standard InChI is InChI=1S/C14H18N2OS/c1-3-9-17-12-6-4-8-15-14(12)16-11(2)13-7-5-10-18-13/h4-8,10-11H,3,9H2,1-2H3,(H,15,16). The van der Waals surface area contributed by atoms with E-state index in [1.165, 1.54) is 4.88 Å². The van der Waals surface area contributed by atoms with Crippen LogP contribution in [0, 0.1) is 0 Å². The molecule has 1 unspecified atom stereocenters. The van der Waals surface area contributed by atoms with Crippen LogP contribution in [-0.2, 0) is 0 Å². The molecule has 0 aliphatic heterocycles. The molecule has 0 amide bonds. The van der Waals surface area contributed by atoms with Crippen molar-refractivity contribution in [2.75, 3.05) is 11.9 Å². The zero-order chi connectivity index (χ0) is 12.8. The van der Waals surface area contributed by atoms with Crippen molar-refractivity contribution in [3.8, 4) is 5.75 Å². The van der Waals surface area contributed by atoms with Crippen LogP contribution in [0.25, 0.3) is 0 Å². The highest BCUT2D eigenvalue weighted by Crippen LogP contribution is 2.27. The third-order valence-corrected chi connectivity index (χ3v) is 3.61. The molecule has 0 saturated heterocycles. The number of hydrogen-bond acceptors (Lipinski definition) is 4. The van der Waals surface area contributed by atoms with E-state index in [-0.39, 0.29) is 6.04 Å². The predicted octanol–water partition coefficient (Wildman–Crippen LogP) is 4.11. The summed E-state index contributed by atoms with van der Waals surface area (Å²) in [6.45, 7) is 4.94. The summed E-state index contributed by atoms with van der Waals surface area (Å²) in [5, 5.41) is 5.48. The van der Waals surface area contributed by atoms with E-state index in [0.29, 0.717) is 6.61 Å². The smallest absolute Gasteiger partial charge is 0.169 e. The van der Waals surface area contributed by atoms with Gasteiger partial charge in [0.2, 0.25) is 0 Å². The summed E-state index contributed by atoms with van der Waals surface area (Å²) in [5.74, 6) is 1.63. The Labute approximate surface area is 112 Å². The molecular weight excluding hydrogens is 244 g/mol. The van der Waals surface area contributed by atoms with Gasteiger partial charge in [0.15, 0.2) is 11.6 Å². The molecular formula is C14H18N2OS. The van der Waals surface area contributed by atoms with Crippen molar-refractivity contribution in [1.82, 2.24) is 4.98 Å². The summed E-state index contributed by atoms with van der Waals surface area (Å²) in [6, 6.07) is 8.27. The van der Waals surface area contributed by atoms with Gasteiger partial charge in [-0.25, -0.2) is 4.98 Å². The molecule has 0 aliphatic carbocycles. The number of aromatic nitrogens is 1. The van der Waals surface area contributed by atoms with E-state index in [9.17, 15) is 0 Å². The number of nitrogens with zero attached hydrogens (tertiary/aromatic N) is 1. The van der Waals surface area contributed by atoms with Crippen LogP contribution in [0.15, 0.2) is 35.8 Å². The second-order valence-electron chi connectivity index (χ2n) is 4.08. The molecule has 18 heavy (non-hydrogen) atoms. The van der Waals surface area contributed by atoms with Crippen molar-refractivity contribution in [3.63, 3.8) is 0 Å². The Kier molecular flexibility index (Phi) is 4.59. The van der Waals surface area contributed by atoms with E-state index < -0.39 is 0 Å². The van der Waals surface area contributed by atoms with Crippen LogP contribution in [0.4, 0.5) is 5.82 Å². The molecule has 0 bridgehead atoms. The van der Waals surface area contributed by atoms with E-state index in [0.717, 1.165) is 18.0 Å². The van der Waals surface area contributed by atoms with Crippen LogP contribution in [0.1, 0.15) is 31.2 Å². The van der Waals surface area contributed by atoms with Crippen LogP contribution in [0.5, 0.6) is 5.75 Å². The summed E-state index contributed by atoms with van der Waals surface area (Å²) in [4.78, 5) is 5.64. The van der Waals surface area contributed by atoms with E-state index in [2.05, 4.69) is 41.7 Å². The summed E-state index contributed by atoms with van der Waals surface area (Å²) in [6.07, 6.45) is 2.77. The lowest BCUT2D eigenvalue weighted by atomic mass is 10.2. The lowest BCUT2D eigenvalue weighted by Gasteiger charge is -2.16. The highest BCUT2D eigenvalue weighted by molar-refractivity contribution is 7.10. The predicted molar refractivity (Wildman–Crippen MR) is 76.4 cm³/mol. The van der Waals surface area contributed by atoms with E-state index in [1.54, 1.807) is 17.5 Å². The zero-order valence-corrected chi connectivity index (χ0v) is 11.5. The molecule has 2 rings (SSSR count). The van der Waals surface area contributed by atoms with Gasteiger partial charge in [0.25, 0.3) is 0 Å². The number of anilines is 1. The van der Waals surface area contributed by atoms with Crippen molar-refractivity contribution in [2.24, 2.45) is 0 Å². The molecule has 2 aromatic rings. The molecule has 2 heterocycles. The maximum Gasteiger partial charge on any atom is 0.169 e. The minimum Gasteiger partial charge on any atom is -0.490 e. The first-order valence-electron chi connectivity index (χ1n) is 6.19. The molecule has 4 heteroatoms. The third-order valence-electron chi connectivity index (χ3n) is 2.56. The number of hydrogen-bond donors (Lipinski definition) is 1. The van der Waals surface area contributed by atoms with Crippen molar-refractivity contribution < 1.29 is 4.74 Å². The average molecular weight is 262 g/mol. The Bertz CT molecular complexity index is 470. The van der Waals surface area contributed by atoms with E-state index in [1.807, 2.05) is 12.1 Å². The quantitative estimate of drug-likeness (QED) is 0.851. The highest BCUT2D eigenvalue weighted by atomic mass is 32.1. The van der Waals surface area contributed by atoms with Gasteiger partial charge in [0.05, 0.1) is 12.6 Å². The number of pyridine rings is 1. The third kappa shape index (κ3) is 3.23. The maximum atomic E-state index is 5.68. The fraction of sp³-hybridized carbons (Fsp3) is 0.357. The molecule has 0 aliphatic rings. The van der Waals surface area contributed by atoms with Gasteiger partial charge in [0.1, 0.15) is 0 Å². The first kappa shape index (κ1) is 12.9. The van der Waals surface area contributed by atoms with Gasteiger partial charge in [-0.1, -0.05) is 13.0 Å². The Balaban J connectivity index is 2.08. The van der Waals surface area contributed by atoms with Gasteiger partial charge in [-0.2, -0.15) is 0 Å². The SMILES string of the molecule is CCCOc1cccnc1NC(C)c1cccs1. The van der Waals surface area contributed by atoms with Gasteiger partial charge < -0.3 is 10.1 Å².